The summed E-state index contributed by atoms with van der Waals surface area (Å²) in [6, 6.07) is -0.778. The summed E-state index contributed by atoms with van der Waals surface area (Å²) in [5, 5.41) is 34.3. The molecule has 0 radical (unpaired) electrons. The number of likely N-dealkylation sites (N-methyl/N-ethyl adjacent to an activating group) is 1. The van der Waals surface area contributed by atoms with Gasteiger partial charge in [-0.2, -0.15) is 0 Å². The van der Waals surface area contributed by atoms with Crippen LogP contribution >= 0.6 is 0 Å². The van der Waals surface area contributed by atoms with Crippen LogP contribution in [0.3, 0.4) is 0 Å². The molecule has 0 aromatic carbocycles. The van der Waals surface area contributed by atoms with Crippen LogP contribution in [-0.4, -0.2) is 151 Å². The number of hydrogen-bond donors (Lipinski definition) is 3. The predicted molar refractivity (Wildman–Crippen MR) is 196 cm³/mol. The Balaban J connectivity index is 2.01. The minimum atomic E-state index is -1.49. The summed E-state index contributed by atoms with van der Waals surface area (Å²) in [7, 11) is 4.84. The van der Waals surface area contributed by atoms with E-state index < -0.39 is 121 Å². The number of methoxy groups -OCH3 is 1. The number of aliphatic hydroxyl groups excluding tert-OH is 2. The van der Waals surface area contributed by atoms with Crippen LogP contribution in [0.2, 0.25) is 0 Å². The van der Waals surface area contributed by atoms with Gasteiger partial charge in [0.05, 0.1) is 36.9 Å². The number of carbonyl (C=O) groups excluding carboxylic acids is 4. The third kappa shape index (κ3) is 13.1. The van der Waals surface area contributed by atoms with Crippen LogP contribution in [0.15, 0.2) is 24.3 Å². The summed E-state index contributed by atoms with van der Waals surface area (Å²) in [6.45, 7) is 10.9. The number of hydrogen-bond acceptors (Lipinski definition) is 16. The topological polar surface area (TPSA) is 206 Å². The zero-order valence-electron chi connectivity index (χ0n) is 33.8. The summed E-state index contributed by atoms with van der Waals surface area (Å²) in [6.07, 6.45) is -4.26. The fraction of sp³-hybridized carbons (Fsp3) is 0.795. The van der Waals surface area contributed by atoms with Gasteiger partial charge in [-0.3, -0.25) is 14.4 Å². The van der Waals surface area contributed by atoms with Crippen molar-refractivity contribution in [2.24, 2.45) is 11.8 Å². The van der Waals surface area contributed by atoms with Gasteiger partial charge in [-0.05, 0) is 60.0 Å². The van der Waals surface area contributed by atoms with Gasteiger partial charge in [-0.25, -0.2) is 0 Å². The maximum absolute atomic E-state index is 13.2. The van der Waals surface area contributed by atoms with Gasteiger partial charge in [0.25, 0.3) is 0 Å². The van der Waals surface area contributed by atoms with E-state index in [-0.39, 0.29) is 19.3 Å². The Morgan fingerprint density at radius 1 is 0.982 bits per heavy atom. The quantitative estimate of drug-likeness (QED) is 0.165. The monoisotopic (exact) mass is 785 g/mol. The number of rotatable bonds is 10. The highest BCUT2D eigenvalue weighted by Gasteiger charge is 2.52. The van der Waals surface area contributed by atoms with E-state index in [1.54, 1.807) is 64.1 Å². The maximum Gasteiger partial charge on any atom is 0.309 e. The van der Waals surface area contributed by atoms with Gasteiger partial charge in [0.15, 0.2) is 18.7 Å². The molecule has 16 unspecified atom stereocenters. The molecular weight excluding hydrogens is 722 g/mol. The summed E-state index contributed by atoms with van der Waals surface area (Å²) in [4.78, 5) is 51.3. The first kappa shape index (κ1) is 46.6. The fourth-order valence-electron chi connectivity index (χ4n) is 7.73. The molecule has 0 saturated carbocycles. The zero-order chi connectivity index (χ0) is 41.2. The molecule has 2 saturated heterocycles. The van der Waals surface area contributed by atoms with E-state index >= 15 is 0 Å². The minimum absolute atomic E-state index is 0.0477. The lowest BCUT2D eigenvalue weighted by Crippen LogP contribution is -2.66. The van der Waals surface area contributed by atoms with Crippen molar-refractivity contribution in [3.8, 4) is 0 Å². The molecule has 2 fully saturated rings. The molecule has 16 heteroatoms. The van der Waals surface area contributed by atoms with E-state index in [9.17, 15) is 34.5 Å². The van der Waals surface area contributed by atoms with Crippen LogP contribution in [0.1, 0.15) is 80.6 Å². The molecule has 0 aromatic rings. The molecule has 16 atom stereocenters. The largest absolute Gasteiger partial charge is 0.462 e. The molecule has 3 aliphatic rings. The van der Waals surface area contributed by atoms with Crippen LogP contribution in [0, 0.1) is 11.8 Å². The summed E-state index contributed by atoms with van der Waals surface area (Å²) >= 11 is 0. The number of ether oxygens (including phenoxy) is 8. The number of allylic oxidation sites excluding steroid dienone is 2. The number of cyclic esters (lactones) is 1. The Labute approximate surface area is 324 Å². The van der Waals surface area contributed by atoms with Gasteiger partial charge in [0, 0.05) is 40.2 Å². The number of aliphatic hydroxyl groups is 3. The molecule has 0 spiro atoms. The van der Waals surface area contributed by atoms with Crippen molar-refractivity contribution >= 4 is 24.2 Å². The fourth-order valence-corrected chi connectivity index (χ4v) is 7.73. The average Bonchev–Trinajstić information content (AvgIpc) is 3.06. The van der Waals surface area contributed by atoms with Crippen molar-refractivity contribution in [3.05, 3.63) is 24.3 Å². The van der Waals surface area contributed by atoms with Crippen LogP contribution < -0.4 is 0 Å². The lowest BCUT2D eigenvalue weighted by atomic mass is 9.82. The number of nitrogens with zero attached hydrogens (tertiary/aromatic N) is 1. The van der Waals surface area contributed by atoms with Crippen LogP contribution in [-0.2, 0) is 57.1 Å². The van der Waals surface area contributed by atoms with E-state index in [0.29, 0.717) is 12.7 Å². The second-order valence-corrected chi connectivity index (χ2v) is 15.5. The van der Waals surface area contributed by atoms with Gasteiger partial charge in [0.1, 0.15) is 42.4 Å². The van der Waals surface area contributed by atoms with Crippen LogP contribution in [0.25, 0.3) is 0 Å². The van der Waals surface area contributed by atoms with Crippen molar-refractivity contribution < 1.29 is 72.4 Å². The van der Waals surface area contributed by atoms with E-state index in [4.69, 9.17) is 37.9 Å². The van der Waals surface area contributed by atoms with E-state index in [1.165, 1.54) is 27.9 Å². The third-order valence-electron chi connectivity index (χ3n) is 10.4. The molecule has 3 aliphatic heterocycles. The van der Waals surface area contributed by atoms with Gasteiger partial charge in [0.2, 0.25) is 0 Å². The lowest BCUT2D eigenvalue weighted by molar-refractivity contribution is -0.344. The number of esters is 3. The molecule has 0 aliphatic carbocycles. The highest BCUT2D eigenvalue weighted by atomic mass is 16.7. The minimum Gasteiger partial charge on any atom is -0.462 e. The Kier molecular flexibility index (Phi) is 17.9. The highest BCUT2D eigenvalue weighted by molar-refractivity contribution is 5.72. The van der Waals surface area contributed by atoms with E-state index in [0.717, 1.165) is 0 Å². The molecule has 314 valence electrons. The van der Waals surface area contributed by atoms with Crippen molar-refractivity contribution in [2.75, 3.05) is 21.2 Å². The Hall–Kier alpha value is -2.80. The van der Waals surface area contributed by atoms with E-state index in [2.05, 4.69) is 0 Å². The molecule has 0 aromatic heterocycles. The van der Waals surface area contributed by atoms with Crippen molar-refractivity contribution in [2.45, 2.75) is 166 Å². The van der Waals surface area contributed by atoms with Gasteiger partial charge >= 0.3 is 17.9 Å². The van der Waals surface area contributed by atoms with Gasteiger partial charge < -0.3 is 62.9 Å². The van der Waals surface area contributed by atoms with Crippen molar-refractivity contribution in [1.82, 2.24) is 4.90 Å². The summed E-state index contributed by atoms with van der Waals surface area (Å²) < 4.78 is 48.0. The van der Waals surface area contributed by atoms with Gasteiger partial charge in [-0.1, -0.05) is 31.2 Å². The van der Waals surface area contributed by atoms with Crippen LogP contribution in [0.4, 0.5) is 0 Å². The van der Waals surface area contributed by atoms with Crippen LogP contribution in [0.5, 0.6) is 0 Å². The first-order valence-electron chi connectivity index (χ1n) is 19.0. The zero-order valence-corrected chi connectivity index (χ0v) is 33.8. The molecule has 0 amide bonds. The molecule has 3 heterocycles. The summed E-state index contributed by atoms with van der Waals surface area (Å²) in [5.41, 5.74) is -1.49. The first-order valence-corrected chi connectivity index (χ1v) is 19.0. The molecule has 3 rings (SSSR count). The number of carbonyl (C=O) groups is 4. The Morgan fingerprint density at radius 3 is 2.24 bits per heavy atom. The molecule has 3 N–H and O–H groups in total. The Bertz CT molecular complexity index is 1320. The molecule has 0 bridgehead atoms. The molecular formula is C39H63NO15. The number of aldehydes is 1. The maximum atomic E-state index is 13.2. The lowest BCUT2D eigenvalue weighted by Gasteiger charge is -2.50. The average molecular weight is 786 g/mol. The normalized spacial score (nSPS) is 42.1. The van der Waals surface area contributed by atoms with Crippen molar-refractivity contribution in [1.29, 1.82) is 0 Å². The van der Waals surface area contributed by atoms with E-state index in [1.807, 2.05) is 6.92 Å². The standard InChI is InChI=1S/C39H63NO15/c1-21-18-27(16-17-41)35(36(48-10)29(52-25(5)42)19-30(45)49-22(2)14-12-11-13-15-28(21)44)55-38-33(46)32(40(8)9)34(23(3)51-38)54-31-20-39(7,47)37(24(4)50-31)53-26(6)43/h11-13,15,17,21-24,27-29,31-38,44,46-47H,14,16,18-20H2,1-10H3/b12-11+,15-13+. The summed E-state index contributed by atoms with van der Waals surface area (Å²) in [5.74, 6) is -3.01. The molecule has 16 nitrogen and oxygen atoms in total. The second-order valence-electron chi connectivity index (χ2n) is 15.5. The SMILES string of the molecule is COC1C(OC(C)=O)CC(=O)OC(C)C/C=C/C=C/C(O)C(C)CC(CC=O)C1OC1OC(C)C(OC2CC(C)(O)C(OC(C)=O)C(C)O2)C(N(C)C)C1O. The predicted octanol–water partition coefficient (Wildman–Crippen LogP) is 1.99. The van der Waals surface area contributed by atoms with Gasteiger partial charge in [-0.15, -0.1) is 0 Å². The van der Waals surface area contributed by atoms with Crippen molar-refractivity contribution in [3.63, 3.8) is 0 Å². The highest BCUT2D eigenvalue weighted by Crippen LogP contribution is 2.37. The second kappa shape index (κ2) is 21.1. The Morgan fingerprint density at radius 2 is 1.65 bits per heavy atom. The third-order valence-corrected chi connectivity index (χ3v) is 10.4. The smallest absolute Gasteiger partial charge is 0.309 e. The first-order chi connectivity index (χ1) is 25.8. The molecule has 55 heavy (non-hydrogen) atoms.